The molecule has 1 aromatic rings. The van der Waals surface area contributed by atoms with Crippen LogP contribution in [-0.4, -0.2) is 41.0 Å². The fraction of sp³-hybridized carbons (Fsp3) is 0.615. The highest BCUT2D eigenvalue weighted by Crippen LogP contribution is 2.28. The molecule has 0 unspecified atom stereocenters. The standard InChI is InChI=1S/C13H19N5O2/c19-11(9-2-3-9)14-5-6-15-12(20)10-8-18-7-1-4-16-13(18)17-10/h8-9H,1-7H2,(H,14,19)(H,15,20)(H,16,17). The highest BCUT2D eigenvalue weighted by atomic mass is 16.2. The van der Waals surface area contributed by atoms with E-state index in [-0.39, 0.29) is 17.7 Å². The molecule has 1 saturated carbocycles. The molecule has 0 bridgehead atoms. The van der Waals surface area contributed by atoms with Crippen LogP contribution in [0.1, 0.15) is 29.8 Å². The maximum atomic E-state index is 11.9. The maximum Gasteiger partial charge on any atom is 0.271 e. The predicted molar refractivity (Wildman–Crippen MR) is 73.4 cm³/mol. The summed E-state index contributed by atoms with van der Waals surface area (Å²) in [6.45, 7) is 2.67. The minimum absolute atomic E-state index is 0.0981. The Bertz CT molecular complexity index is 497. The average molecular weight is 277 g/mol. The molecular weight excluding hydrogens is 258 g/mol. The fourth-order valence-corrected chi connectivity index (χ4v) is 2.23. The van der Waals surface area contributed by atoms with Crippen molar-refractivity contribution in [1.82, 2.24) is 20.2 Å². The largest absolute Gasteiger partial charge is 0.356 e. The van der Waals surface area contributed by atoms with Crippen LogP contribution >= 0.6 is 0 Å². The van der Waals surface area contributed by atoms with Crippen LogP contribution < -0.4 is 16.0 Å². The third-order valence-electron chi connectivity index (χ3n) is 3.53. The zero-order chi connectivity index (χ0) is 13.9. The second-order valence-corrected chi connectivity index (χ2v) is 5.24. The van der Waals surface area contributed by atoms with Crippen LogP contribution in [0.25, 0.3) is 0 Å². The van der Waals surface area contributed by atoms with Gasteiger partial charge in [-0.05, 0) is 19.3 Å². The van der Waals surface area contributed by atoms with Crippen molar-refractivity contribution in [1.29, 1.82) is 0 Å². The van der Waals surface area contributed by atoms with E-state index in [0.29, 0.717) is 18.8 Å². The van der Waals surface area contributed by atoms with Gasteiger partial charge in [-0.1, -0.05) is 0 Å². The average Bonchev–Trinajstić information content (AvgIpc) is 3.21. The lowest BCUT2D eigenvalue weighted by Crippen LogP contribution is -2.35. The number of hydrogen-bond acceptors (Lipinski definition) is 4. The van der Waals surface area contributed by atoms with Gasteiger partial charge in [0.2, 0.25) is 11.9 Å². The van der Waals surface area contributed by atoms with Gasteiger partial charge in [-0.25, -0.2) is 4.98 Å². The number of aromatic nitrogens is 2. The normalized spacial score (nSPS) is 17.0. The number of rotatable bonds is 5. The number of anilines is 1. The SMILES string of the molecule is O=C(NCCNC(=O)C1CC1)c1cn2c(n1)NCCC2. The number of fused-ring (bicyclic) bond motifs is 1. The molecule has 3 N–H and O–H groups in total. The van der Waals surface area contributed by atoms with Crippen LogP contribution in [0, 0.1) is 5.92 Å². The Kier molecular flexibility index (Phi) is 3.58. The van der Waals surface area contributed by atoms with Crippen LogP contribution in [-0.2, 0) is 11.3 Å². The third-order valence-corrected chi connectivity index (χ3v) is 3.53. The fourth-order valence-electron chi connectivity index (χ4n) is 2.23. The molecule has 0 radical (unpaired) electrons. The number of imidazole rings is 1. The minimum Gasteiger partial charge on any atom is -0.356 e. The first kappa shape index (κ1) is 13.0. The number of nitrogens with one attached hydrogen (secondary N) is 3. The molecule has 2 amide bonds. The summed E-state index contributed by atoms with van der Waals surface area (Å²) >= 11 is 0. The lowest BCUT2D eigenvalue weighted by atomic mass is 10.4. The van der Waals surface area contributed by atoms with Crippen molar-refractivity contribution in [2.45, 2.75) is 25.8 Å². The van der Waals surface area contributed by atoms with Crippen molar-refractivity contribution in [3.63, 3.8) is 0 Å². The second-order valence-electron chi connectivity index (χ2n) is 5.24. The first-order valence-corrected chi connectivity index (χ1v) is 7.11. The van der Waals surface area contributed by atoms with Gasteiger partial charge in [0.1, 0.15) is 5.69 Å². The molecule has 0 saturated heterocycles. The van der Waals surface area contributed by atoms with Gasteiger partial charge in [-0.3, -0.25) is 9.59 Å². The Labute approximate surface area is 117 Å². The van der Waals surface area contributed by atoms with E-state index in [1.165, 1.54) is 0 Å². The van der Waals surface area contributed by atoms with Gasteiger partial charge in [0, 0.05) is 38.3 Å². The highest BCUT2D eigenvalue weighted by molar-refractivity contribution is 5.92. The quantitative estimate of drug-likeness (QED) is 0.659. The first-order chi connectivity index (χ1) is 9.74. The van der Waals surface area contributed by atoms with Crippen molar-refractivity contribution in [2.24, 2.45) is 5.92 Å². The minimum atomic E-state index is -0.200. The summed E-state index contributed by atoms with van der Waals surface area (Å²) in [6.07, 6.45) is 4.79. The molecule has 7 nitrogen and oxygen atoms in total. The summed E-state index contributed by atoms with van der Waals surface area (Å²) in [7, 11) is 0. The topological polar surface area (TPSA) is 88.1 Å². The Morgan fingerprint density at radius 3 is 2.90 bits per heavy atom. The van der Waals surface area contributed by atoms with Crippen molar-refractivity contribution >= 4 is 17.8 Å². The van der Waals surface area contributed by atoms with E-state index in [9.17, 15) is 9.59 Å². The number of carbonyl (C=O) groups is 2. The van der Waals surface area contributed by atoms with Gasteiger partial charge in [0.05, 0.1) is 0 Å². The molecule has 7 heteroatoms. The number of carbonyl (C=O) groups excluding carboxylic acids is 2. The number of nitrogens with zero attached hydrogens (tertiary/aromatic N) is 2. The number of hydrogen-bond donors (Lipinski definition) is 3. The van der Waals surface area contributed by atoms with Crippen molar-refractivity contribution in [3.05, 3.63) is 11.9 Å². The van der Waals surface area contributed by atoms with E-state index >= 15 is 0 Å². The van der Waals surface area contributed by atoms with Crippen molar-refractivity contribution in [2.75, 3.05) is 25.0 Å². The number of amides is 2. The number of aryl methyl sites for hydroxylation is 1. The summed E-state index contributed by atoms with van der Waals surface area (Å²) in [6, 6.07) is 0. The summed E-state index contributed by atoms with van der Waals surface area (Å²) in [4.78, 5) is 27.6. The molecule has 3 rings (SSSR count). The molecule has 2 aliphatic rings. The second kappa shape index (κ2) is 5.52. The van der Waals surface area contributed by atoms with E-state index in [1.807, 2.05) is 4.57 Å². The van der Waals surface area contributed by atoms with Crippen molar-refractivity contribution in [3.8, 4) is 0 Å². The Hall–Kier alpha value is -2.05. The maximum absolute atomic E-state index is 11.9. The molecule has 108 valence electrons. The van der Waals surface area contributed by atoms with E-state index in [0.717, 1.165) is 38.3 Å². The summed E-state index contributed by atoms with van der Waals surface area (Å²) < 4.78 is 1.95. The van der Waals surface area contributed by atoms with Gasteiger partial charge in [0.15, 0.2) is 0 Å². The molecule has 0 atom stereocenters. The van der Waals surface area contributed by atoms with E-state index in [4.69, 9.17) is 0 Å². The summed E-state index contributed by atoms with van der Waals surface area (Å²) in [5, 5.41) is 8.73. The zero-order valence-electron chi connectivity index (χ0n) is 11.3. The molecule has 0 spiro atoms. The molecule has 20 heavy (non-hydrogen) atoms. The van der Waals surface area contributed by atoms with Crippen LogP contribution in [0.15, 0.2) is 6.20 Å². The highest BCUT2D eigenvalue weighted by Gasteiger charge is 2.29. The molecule has 1 aromatic heterocycles. The van der Waals surface area contributed by atoms with E-state index in [2.05, 4.69) is 20.9 Å². The van der Waals surface area contributed by atoms with Crippen molar-refractivity contribution < 1.29 is 9.59 Å². The van der Waals surface area contributed by atoms with Gasteiger partial charge in [0.25, 0.3) is 5.91 Å². The van der Waals surface area contributed by atoms with E-state index < -0.39 is 0 Å². The molecule has 0 aromatic carbocycles. The van der Waals surface area contributed by atoms with Crippen LogP contribution in [0.3, 0.4) is 0 Å². The van der Waals surface area contributed by atoms with Gasteiger partial charge in [-0.15, -0.1) is 0 Å². The first-order valence-electron chi connectivity index (χ1n) is 7.11. The monoisotopic (exact) mass is 277 g/mol. The van der Waals surface area contributed by atoms with E-state index in [1.54, 1.807) is 6.20 Å². The molecule has 1 fully saturated rings. The Morgan fingerprint density at radius 1 is 1.35 bits per heavy atom. The predicted octanol–water partition coefficient (Wildman–Crippen LogP) is -0.0453. The van der Waals surface area contributed by atoms with Gasteiger partial charge >= 0.3 is 0 Å². The van der Waals surface area contributed by atoms with Crippen LogP contribution in [0.5, 0.6) is 0 Å². The molecule has 1 aliphatic carbocycles. The van der Waals surface area contributed by atoms with Gasteiger partial charge in [-0.2, -0.15) is 0 Å². The smallest absolute Gasteiger partial charge is 0.271 e. The Balaban J connectivity index is 1.44. The van der Waals surface area contributed by atoms with Gasteiger partial charge < -0.3 is 20.5 Å². The summed E-state index contributed by atoms with van der Waals surface area (Å²) in [5.41, 5.74) is 0.419. The van der Waals surface area contributed by atoms with Crippen LogP contribution in [0.2, 0.25) is 0 Å². The molecule has 2 heterocycles. The Morgan fingerprint density at radius 2 is 2.15 bits per heavy atom. The lowest BCUT2D eigenvalue weighted by Gasteiger charge is -2.14. The molecular formula is C13H19N5O2. The molecule has 1 aliphatic heterocycles. The van der Waals surface area contributed by atoms with Crippen LogP contribution in [0.4, 0.5) is 5.95 Å². The zero-order valence-corrected chi connectivity index (χ0v) is 11.3. The third kappa shape index (κ3) is 2.92. The lowest BCUT2D eigenvalue weighted by molar-refractivity contribution is -0.122. The summed E-state index contributed by atoms with van der Waals surface area (Å²) in [5.74, 6) is 0.857.